The molecule has 1 unspecified atom stereocenters. The van der Waals surface area contributed by atoms with Crippen molar-refractivity contribution in [2.45, 2.75) is 39.7 Å². The van der Waals surface area contributed by atoms with Crippen LogP contribution < -0.4 is 0 Å². The molecule has 0 saturated heterocycles. The summed E-state index contributed by atoms with van der Waals surface area (Å²) in [7, 11) is 0. The highest BCUT2D eigenvalue weighted by Gasteiger charge is 2.02. The summed E-state index contributed by atoms with van der Waals surface area (Å²) in [5, 5.41) is 9.38. The van der Waals surface area contributed by atoms with E-state index in [0.717, 1.165) is 12.8 Å². The van der Waals surface area contributed by atoms with Gasteiger partial charge in [-0.1, -0.05) is 38.2 Å². The summed E-state index contributed by atoms with van der Waals surface area (Å²) in [4.78, 5) is 0. The van der Waals surface area contributed by atoms with Crippen molar-refractivity contribution in [2.75, 3.05) is 0 Å². The zero-order chi connectivity index (χ0) is 9.40. The lowest BCUT2D eigenvalue weighted by molar-refractivity contribution is 0.172. The van der Waals surface area contributed by atoms with E-state index < -0.39 is 0 Å². The average molecular weight is 168 g/mol. The Bertz CT molecular complexity index is 145. The fourth-order valence-corrected chi connectivity index (χ4v) is 0.817. The van der Waals surface area contributed by atoms with Crippen LogP contribution in [-0.4, -0.2) is 11.2 Å². The predicted octanol–water partition coefficient (Wildman–Crippen LogP) is 2.92. The van der Waals surface area contributed by atoms with Crippen LogP contribution in [-0.2, 0) is 0 Å². The highest BCUT2D eigenvalue weighted by Crippen LogP contribution is 2.03. The number of hydrogen-bond donors (Lipinski definition) is 1. The molecule has 0 aromatic heterocycles. The highest BCUT2D eigenvalue weighted by atomic mass is 16.3. The topological polar surface area (TPSA) is 20.2 Å². The molecule has 0 bridgehead atoms. The molecule has 0 aromatic carbocycles. The Morgan fingerprint density at radius 2 is 1.75 bits per heavy atom. The molecule has 0 saturated carbocycles. The Morgan fingerprint density at radius 3 is 2.25 bits per heavy atom. The molecule has 12 heavy (non-hydrogen) atoms. The number of hydrogen-bond acceptors (Lipinski definition) is 1. The van der Waals surface area contributed by atoms with E-state index in [-0.39, 0.29) is 6.10 Å². The Morgan fingerprint density at radius 1 is 1.17 bits per heavy atom. The van der Waals surface area contributed by atoms with Crippen molar-refractivity contribution in [1.82, 2.24) is 0 Å². The molecule has 1 atom stereocenters. The van der Waals surface area contributed by atoms with Crippen LogP contribution in [0.4, 0.5) is 0 Å². The van der Waals surface area contributed by atoms with E-state index in [2.05, 4.69) is 6.08 Å². The van der Waals surface area contributed by atoms with Crippen LogP contribution in [0.5, 0.6) is 0 Å². The summed E-state index contributed by atoms with van der Waals surface area (Å²) in [5.74, 6) is 0.322. The lowest BCUT2D eigenvalue weighted by atomic mass is 10.1. The fraction of sp³-hybridized carbons (Fsp3) is 0.636. The molecule has 0 rings (SSSR count). The molecule has 70 valence electrons. The Hall–Kier alpha value is -0.560. The van der Waals surface area contributed by atoms with Crippen molar-refractivity contribution in [3.8, 4) is 0 Å². The van der Waals surface area contributed by atoms with Crippen LogP contribution in [0.15, 0.2) is 24.3 Å². The maximum atomic E-state index is 9.38. The summed E-state index contributed by atoms with van der Waals surface area (Å²) in [6, 6.07) is 0. The molecule has 0 amide bonds. The molecule has 0 aliphatic heterocycles. The number of unbranched alkanes of at least 4 members (excludes halogenated alkanes) is 1. The third-order valence-corrected chi connectivity index (χ3v) is 1.75. The zero-order valence-electron chi connectivity index (χ0n) is 8.33. The second-order valence-corrected chi connectivity index (χ2v) is 3.31. The summed E-state index contributed by atoms with van der Waals surface area (Å²) in [5.41, 5.74) is 0. The minimum atomic E-state index is -0.282. The second kappa shape index (κ2) is 7.11. The van der Waals surface area contributed by atoms with Crippen molar-refractivity contribution >= 4 is 0 Å². The summed E-state index contributed by atoms with van der Waals surface area (Å²) in [6.07, 6.45) is 9.92. The number of aliphatic hydroxyl groups is 1. The van der Waals surface area contributed by atoms with Gasteiger partial charge >= 0.3 is 0 Å². The fourth-order valence-electron chi connectivity index (χ4n) is 0.817. The summed E-state index contributed by atoms with van der Waals surface area (Å²) < 4.78 is 0. The van der Waals surface area contributed by atoms with E-state index in [1.54, 1.807) is 0 Å². The van der Waals surface area contributed by atoms with Gasteiger partial charge in [-0.15, -0.1) is 0 Å². The number of rotatable bonds is 5. The Labute approximate surface area is 75.8 Å². The average Bonchev–Trinajstić information content (AvgIpc) is 2.03. The van der Waals surface area contributed by atoms with Crippen molar-refractivity contribution in [3.63, 3.8) is 0 Å². The molecule has 0 spiro atoms. The molecule has 1 nitrogen and oxygen atoms in total. The maximum Gasteiger partial charge on any atom is 0.0743 e. The van der Waals surface area contributed by atoms with Gasteiger partial charge in [-0.2, -0.15) is 0 Å². The third-order valence-electron chi connectivity index (χ3n) is 1.75. The van der Waals surface area contributed by atoms with Crippen molar-refractivity contribution < 1.29 is 5.11 Å². The first-order valence-corrected chi connectivity index (χ1v) is 4.64. The van der Waals surface area contributed by atoms with Crippen molar-refractivity contribution in [3.05, 3.63) is 24.3 Å². The first-order valence-electron chi connectivity index (χ1n) is 4.64. The molecule has 0 aliphatic rings. The molecule has 1 heteroatoms. The van der Waals surface area contributed by atoms with Crippen LogP contribution in [0.3, 0.4) is 0 Å². The first kappa shape index (κ1) is 11.4. The normalized spacial score (nSPS) is 15.1. The Balaban J connectivity index is 3.48. The molecule has 0 aromatic rings. The van der Waals surface area contributed by atoms with Gasteiger partial charge in [0.2, 0.25) is 0 Å². The maximum absolute atomic E-state index is 9.38. The Kier molecular flexibility index (Phi) is 6.78. The number of allylic oxidation sites excluding steroid dienone is 3. The van der Waals surface area contributed by atoms with E-state index in [1.165, 1.54) is 0 Å². The minimum Gasteiger partial charge on any atom is -0.389 e. The van der Waals surface area contributed by atoms with E-state index in [4.69, 9.17) is 0 Å². The van der Waals surface area contributed by atoms with Crippen LogP contribution in [0.1, 0.15) is 33.6 Å². The molecule has 0 fully saturated rings. The predicted molar refractivity (Wildman–Crippen MR) is 54.0 cm³/mol. The summed E-state index contributed by atoms with van der Waals surface area (Å²) in [6.45, 7) is 6.05. The van der Waals surface area contributed by atoms with Gasteiger partial charge in [-0.05, 0) is 25.7 Å². The van der Waals surface area contributed by atoms with Crippen LogP contribution >= 0.6 is 0 Å². The molecular formula is C11H20O. The van der Waals surface area contributed by atoms with Gasteiger partial charge in [0.15, 0.2) is 0 Å². The van der Waals surface area contributed by atoms with E-state index in [1.807, 2.05) is 39.0 Å². The van der Waals surface area contributed by atoms with Gasteiger partial charge < -0.3 is 5.11 Å². The second-order valence-electron chi connectivity index (χ2n) is 3.31. The standard InChI is InChI=1S/C11H20O/c1-4-5-6-7-8-9-11(12)10(2)3/h4-5,8-12H,6-7H2,1-3H3/b5-4+,9-8+. The quantitative estimate of drug-likeness (QED) is 0.494. The number of aliphatic hydroxyl groups excluding tert-OH is 1. The minimum absolute atomic E-state index is 0.282. The van der Waals surface area contributed by atoms with Gasteiger partial charge in [0, 0.05) is 0 Å². The molecule has 0 radical (unpaired) electrons. The molecule has 0 heterocycles. The smallest absolute Gasteiger partial charge is 0.0743 e. The van der Waals surface area contributed by atoms with E-state index in [9.17, 15) is 5.11 Å². The first-order chi connectivity index (χ1) is 5.68. The largest absolute Gasteiger partial charge is 0.389 e. The van der Waals surface area contributed by atoms with E-state index in [0.29, 0.717) is 5.92 Å². The van der Waals surface area contributed by atoms with Crippen LogP contribution in [0, 0.1) is 5.92 Å². The van der Waals surface area contributed by atoms with Gasteiger partial charge in [0.1, 0.15) is 0 Å². The summed E-state index contributed by atoms with van der Waals surface area (Å²) >= 11 is 0. The van der Waals surface area contributed by atoms with Crippen molar-refractivity contribution in [2.24, 2.45) is 5.92 Å². The third kappa shape index (κ3) is 6.17. The van der Waals surface area contributed by atoms with Gasteiger partial charge in [0.25, 0.3) is 0 Å². The molecular weight excluding hydrogens is 148 g/mol. The van der Waals surface area contributed by atoms with Crippen LogP contribution in [0.25, 0.3) is 0 Å². The van der Waals surface area contributed by atoms with Gasteiger partial charge in [0.05, 0.1) is 6.10 Å². The zero-order valence-corrected chi connectivity index (χ0v) is 8.33. The lowest BCUT2D eigenvalue weighted by Crippen LogP contribution is -2.10. The molecule has 1 N–H and O–H groups in total. The molecule has 0 aliphatic carbocycles. The lowest BCUT2D eigenvalue weighted by Gasteiger charge is -2.07. The van der Waals surface area contributed by atoms with Crippen molar-refractivity contribution in [1.29, 1.82) is 0 Å². The SMILES string of the molecule is C/C=C/CC/C=C/C(O)C(C)C. The van der Waals surface area contributed by atoms with Crippen LogP contribution in [0.2, 0.25) is 0 Å². The van der Waals surface area contributed by atoms with Gasteiger partial charge in [-0.25, -0.2) is 0 Å². The van der Waals surface area contributed by atoms with E-state index >= 15 is 0 Å². The highest BCUT2D eigenvalue weighted by molar-refractivity contribution is 4.91. The monoisotopic (exact) mass is 168 g/mol. The van der Waals surface area contributed by atoms with Gasteiger partial charge in [-0.3, -0.25) is 0 Å².